The molecular formula is C19H19NO5. The molecule has 130 valence electrons. The summed E-state index contributed by atoms with van der Waals surface area (Å²) in [6.45, 7) is 5.67. The van der Waals surface area contributed by atoms with Crippen molar-refractivity contribution in [2.75, 3.05) is 12.3 Å². The number of furan rings is 1. The summed E-state index contributed by atoms with van der Waals surface area (Å²) in [5.74, 6) is 0.00422. The third kappa shape index (κ3) is 1.97. The van der Waals surface area contributed by atoms with Gasteiger partial charge in [-0.1, -0.05) is 24.3 Å². The molecule has 3 aromatic rings. The SMILES string of the molecule is CCOC(=O)c1c(N)oc2c1c1c(c3ccccc32)O[C@H](O)C1(C)C. The number of nitrogens with two attached hydrogens (primary N) is 1. The number of carbonyl (C=O) groups excluding carboxylic acids is 1. The van der Waals surface area contributed by atoms with Gasteiger partial charge in [0.2, 0.25) is 12.2 Å². The average Bonchev–Trinajstić information content (AvgIpc) is 3.02. The lowest BCUT2D eigenvalue weighted by molar-refractivity contribution is -0.0442. The molecule has 0 unspecified atom stereocenters. The molecule has 3 N–H and O–H groups in total. The second-order valence-corrected chi connectivity index (χ2v) is 6.71. The van der Waals surface area contributed by atoms with E-state index in [0.717, 1.165) is 10.8 Å². The number of benzene rings is 2. The van der Waals surface area contributed by atoms with E-state index in [9.17, 15) is 9.90 Å². The number of ether oxygens (including phenoxy) is 2. The van der Waals surface area contributed by atoms with Gasteiger partial charge in [0.05, 0.1) is 12.0 Å². The Morgan fingerprint density at radius 2 is 2.00 bits per heavy atom. The third-order valence-corrected chi connectivity index (χ3v) is 4.80. The summed E-state index contributed by atoms with van der Waals surface area (Å²) in [7, 11) is 0. The first kappa shape index (κ1) is 15.8. The molecule has 6 heteroatoms. The first-order valence-corrected chi connectivity index (χ1v) is 8.17. The van der Waals surface area contributed by atoms with Crippen molar-refractivity contribution in [3.8, 4) is 5.75 Å². The van der Waals surface area contributed by atoms with E-state index >= 15 is 0 Å². The third-order valence-electron chi connectivity index (χ3n) is 4.80. The van der Waals surface area contributed by atoms with Crippen molar-refractivity contribution < 1.29 is 23.8 Å². The van der Waals surface area contributed by atoms with Gasteiger partial charge in [-0.2, -0.15) is 0 Å². The van der Waals surface area contributed by atoms with Crippen LogP contribution in [0.2, 0.25) is 0 Å². The van der Waals surface area contributed by atoms with Crippen molar-refractivity contribution in [1.29, 1.82) is 0 Å². The fourth-order valence-corrected chi connectivity index (χ4v) is 3.53. The van der Waals surface area contributed by atoms with Crippen LogP contribution in [0.1, 0.15) is 36.7 Å². The van der Waals surface area contributed by atoms with Gasteiger partial charge in [-0.15, -0.1) is 0 Å². The quantitative estimate of drug-likeness (QED) is 0.694. The summed E-state index contributed by atoms with van der Waals surface area (Å²) in [5.41, 5.74) is 6.67. The van der Waals surface area contributed by atoms with Crippen LogP contribution in [0, 0.1) is 0 Å². The molecule has 1 atom stereocenters. The van der Waals surface area contributed by atoms with E-state index in [4.69, 9.17) is 19.6 Å². The van der Waals surface area contributed by atoms with Crippen LogP contribution in [-0.2, 0) is 10.2 Å². The van der Waals surface area contributed by atoms with Gasteiger partial charge in [-0.05, 0) is 20.8 Å². The number of rotatable bonds is 2. The van der Waals surface area contributed by atoms with E-state index in [-0.39, 0.29) is 18.1 Å². The van der Waals surface area contributed by atoms with Crippen LogP contribution >= 0.6 is 0 Å². The maximum absolute atomic E-state index is 12.5. The Morgan fingerprint density at radius 3 is 2.68 bits per heavy atom. The van der Waals surface area contributed by atoms with Gasteiger partial charge in [0.25, 0.3) is 0 Å². The molecule has 2 heterocycles. The number of aliphatic hydroxyl groups excluding tert-OH is 1. The topological polar surface area (TPSA) is 94.9 Å². The molecule has 6 nitrogen and oxygen atoms in total. The second-order valence-electron chi connectivity index (χ2n) is 6.71. The van der Waals surface area contributed by atoms with E-state index in [1.165, 1.54) is 0 Å². The van der Waals surface area contributed by atoms with Gasteiger partial charge >= 0.3 is 5.97 Å². The summed E-state index contributed by atoms with van der Waals surface area (Å²) >= 11 is 0. The monoisotopic (exact) mass is 341 g/mol. The predicted octanol–water partition coefficient (Wildman–Crippen LogP) is 3.33. The zero-order valence-corrected chi connectivity index (χ0v) is 14.3. The Kier molecular flexibility index (Phi) is 3.24. The highest BCUT2D eigenvalue weighted by atomic mass is 16.6. The molecule has 4 rings (SSSR count). The fourth-order valence-electron chi connectivity index (χ4n) is 3.53. The highest BCUT2D eigenvalue weighted by Crippen LogP contribution is 2.52. The summed E-state index contributed by atoms with van der Waals surface area (Å²) in [4.78, 5) is 12.5. The minimum Gasteiger partial charge on any atom is -0.463 e. The number of fused-ring (bicyclic) bond motifs is 6. The lowest BCUT2D eigenvalue weighted by Crippen LogP contribution is -2.31. The maximum Gasteiger partial charge on any atom is 0.344 e. The zero-order valence-electron chi connectivity index (χ0n) is 14.3. The molecule has 0 radical (unpaired) electrons. The van der Waals surface area contributed by atoms with Gasteiger partial charge in [0.15, 0.2) is 0 Å². The normalized spacial score (nSPS) is 18.3. The average molecular weight is 341 g/mol. The number of hydrogen-bond donors (Lipinski definition) is 2. The maximum atomic E-state index is 12.5. The Bertz CT molecular complexity index is 1020. The molecule has 0 bridgehead atoms. The number of aliphatic hydroxyl groups is 1. The van der Waals surface area contributed by atoms with E-state index in [0.29, 0.717) is 22.3 Å². The lowest BCUT2D eigenvalue weighted by Gasteiger charge is -2.21. The van der Waals surface area contributed by atoms with Crippen molar-refractivity contribution in [2.24, 2.45) is 0 Å². The van der Waals surface area contributed by atoms with Gasteiger partial charge in [0, 0.05) is 21.7 Å². The first-order chi connectivity index (χ1) is 11.9. The Morgan fingerprint density at radius 1 is 1.32 bits per heavy atom. The van der Waals surface area contributed by atoms with Crippen LogP contribution in [0.25, 0.3) is 21.7 Å². The van der Waals surface area contributed by atoms with E-state index in [1.54, 1.807) is 6.92 Å². The molecule has 1 aliphatic heterocycles. The smallest absolute Gasteiger partial charge is 0.344 e. The molecule has 0 aliphatic carbocycles. The highest BCUT2D eigenvalue weighted by Gasteiger charge is 2.45. The summed E-state index contributed by atoms with van der Waals surface area (Å²) in [6.07, 6.45) is -1.04. The number of nitrogen functional groups attached to an aromatic ring is 1. The van der Waals surface area contributed by atoms with Crippen LogP contribution in [0.5, 0.6) is 5.75 Å². The molecule has 0 saturated heterocycles. The Labute approximate surface area is 144 Å². The number of esters is 1. The van der Waals surface area contributed by atoms with Crippen LogP contribution in [0.4, 0.5) is 5.88 Å². The molecule has 1 aromatic heterocycles. The van der Waals surface area contributed by atoms with E-state index in [1.807, 2.05) is 38.1 Å². The Hall–Kier alpha value is -2.73. The standard InChI is InChI=1S/C19H19NO5/c1-4-23-17(21)12-11-13-15(25-18(22)19(13,2)3)10-8-6-5-7-9(10)14(11)24-16(12)20/h5-8,18,22H,4,20H2,1-3H3/t18-/m0/s1. The van der Waals surface area contributed by atoms with Gasteiger partial charge in [0.1, 0.15) is 16.9 Å². The van der Waals surface area contributed by atoms with E-state index in [2.05, 4.69) is 0 Å². The molecule has 0 saturated carbocycles. The van der Waals surface area contributed by atoms with Crippen LogP contribution in [-0.4, -0.2) is 24.0 Å². The zero-order chi connectivity index (χ0) is 17.9. The van der Waals surface area contributed by atoms with Crippen LogP contribution in [0.3, 0.4) is 0 Å². The van der Waals surface area contributed by atoms with Crippen molar-refractivity contribution in [1.82, 2.24) is 0 Å². The second kappa shape index (κ2) is 5.13. The highest BCUT2D eigenvalue weighted by molar-refractivity contribution is 6.18. The molecule has 0 amide bonds. The van der Waals surface area contributed by atoms with Gasteiger partial charge in [-0.25, -0.2) is 4.79 Å². The number of hydrogen-bond acceptors (Lipinski definition) is 6. The Balaban J connectivity index is 2.22. The lowest BCUT2D eigenvalue weighted by atomic mass is 9.81. The summed E-state index contributed by atoms with van der Waals surface area (Å²) < 4.78 is 16.7. The summed E-state index contributed by atoms with van der Waals surface area (Å²) in [5, 5.41) is 12.6. The minimum absolute atomic E-state index is 0.00388. The van der Waals surface area contributed by atoms with Gasteiger partial charge in [-0.3, -0.25) is 0 Å². The predicted molar refractivity (Wildman–Crippen MR) is 93.7 cm³/mol. The largest absolute Gasteiger partial charge is 0.463 e. The molecule has 1 aliphatic rings. The van der Waals surface area contributed by atoms with Crippen molar-refractivity contribution in [2.45, 2.75) is 32.5 Å². The molecule has 2 aromatic carbocycles. The van der Waals surface area contributed by atoms with Crippen LogP contribution in [0.15, 0.2) is 28.7 Å². The molecular weight excluding hydrogens is 322 g/mol. The molecule has 0 fully saturated rings. The van der Waals surface area contributed by atoms with Crippen molar-refractivity contribution in [3.63, 3.8) is 0 Å². The van der Waals surface area contributed by atoms with Crippen LogP contribution < -0.4 is 10.5 Å². The fraction of sp³-hybridized carbons (Fsp3) is 0.316. The van der Waals surface area contributed by atoms with Gasteiger partial charge < -0.3 is 24.7 Å². The molecule has 25 heavy (non-hydrogen) atoms. The van der Waals surface area contributed by atoms with E-state index < -0.39 is 17.7 Å². The minimum atomic E-state index is -1.04. The first-order valence-electron chi connectivity index (χ1n) is 8.17. The summed E-state index contributed by atoms with van der Waals surface area (Å²) in [6, 6.07) is 7.52. The van der Waals surface area contributed by atoms with Crippen molar-refractivity contribution >= 4 is 33.6 Å². The number of carbonyl (C=O) groups is 1. The van der Waals surface area contributed by atoms with Crippen molar-refractivity contribution in [3.05, 3.63) is 35.4 Å². The molecule has 0 spiro atoms. The number of anilines is 1.